The van der Waals surface area contributed by atoms with Gasteiger partial charge in [-0.25, -0.2) is 13.2 Å². The van der Waals surface area contributed by atoms with E-state index >= 15 is 0 Å². The first-order valence-electron chi connectivity index (χ1n) is 7.67. The van der Waals surface area contributed by atoms with Gasteiger partial charge in [-0.15, -0.1) is 5.10 Å². The quantitative estimate of drug-likeness (QED) is 0.674. The molecule has 0 unspecified atom stereocenters. The van der Waals surface area contributed by atoms with Crippen molar-refractivity contribution in [2.75, 3.05) is 18.1 Å². The van der Waals surface area contributed by atoms with Crippen LogP contribution < -0.4 is 10.6 Å². The summed E-state index contributed by atoms with van der Waals surface area (Å²) in [6.07, 6.45) is 3.87. The molecule has 0 bridgehead atoms. The van der Waals surface area contributed by atoms with Crippen molar-refractivity contribution in [2.24, 2.45) is 0 Å². The van der Waals surface area contributed by atoms with Gasteiger partial charge in [0.15, 0.2) is 0 Å². The van der Waals surface area contributed by atoms with Gasteiger partial charge in [0.2, 0.25) is 15.7 Å². The molecule has 136 valence electrons. The Kier molecular flexibility index (Phi) is 6.77. The van der Waals surface area contributed by atoms with Crippen LogP contribution in [-0.2, 0) is 16.3 Å². The highest BCUT2D eigenvalue weighted by atomic mass is 35.5. The van der Waals surface area contributed by atoms with Crippen LogP contribution in [0, 0.1) is 0 Å². The zero-order chi connectivity index (χ0) is 18.3. The van der Waals surface area contributed by atoms with Gasteiger partial charge in [-0.05, 0) is 31.0 Å². The third kappa shape index (κ3) is 6.71. The Labute approximate surface area is 150 Å². The van der Waals surface area contributed by atoms with Crippen LogP contribution in [0.15, 0.2) is 33.9 Å². The summed E-state index contributed by atoms with van der Waals surface area (Å²) in [4.78, 5) is 11.7. The molecule has 0 aliphatic heterocycles. The van der Waals surface area contributed by atoms with Gasteiger partial charge in [-0.3, -0.25) is 0 Å². The number of urea groups is 1. The van der Waals surface area contributed by atoms with Crippen molar-refractivity contribution in [3.63, 3.8) is 0 Å². The summed E-state index contributed by atoms with van der Waals surface area (Å²) in [5.74, 6) is 0.298. The molecular formula is C15H19ClN4O4S. The molecule has 0 saturated carbocycles. The number of anilines is 1. The molecule has 2 N–H and O–H groups in total. The van der Waals surface area contributed by atoms with E-state index in [9.17, 15) is 13.2 Å². The van der Waals surface area contributed by atoms with E-state index in [1.54, 1.807) is 24.3 Å². The second-order valence-electron chi connectivity index (χ2n) is 5.44. The van der Waals surface area contributed by atoms with E-state index in [4.69, 9.17) is 16.0 Å². The average molecular weight is 387 g/mol. The van der Waals surface area contributed by atoms with Crippen molar-refractivity contribution in [1.82, 2.24) is 15.5 Å². The second kappa shape index (κ2) is 8.82. The van der Waals surface area contributed by atoms with Crippen molar-refractivity contribution in [3.8, 4) is 0 Å². The SMILES string of the molecule is CS(=O)(=O)c1nnc(CCCCCNC(=O)Nc2cccc(Cl)c2)o1. The van der Waals surface area contributed by atoms with Gasteiger partial charge in [0.25, 0.3) is 0 Å². The molecule has 10 heteroatoms. The zero-order valence-electron chi connectivity index (χ0n) is 13.7. The number of amides is 2. The van der Waals surface area contributed by atoms with Crippen molar-refractivity contribution >= 4 is 33.2 Å². The zero-order valence-corrected chi connectivity index (χ0v) is 15.2. The number of unbranched alkanes of at least 4 members (excludes halogenated alkanes) is 2. The summed E-state index contributed by atoms with van der Waals surface area (Å²) >= 11 is 5.84. The molecule has 0 fully saturated rings. The molecule has 1 aromatic heterocycles. The molecule has 0 atom stereocenters. The number of carbonyl (C=O) groups excluding carboxylic acids is 1. The average Bonchev–Trinajstić information content (AvgIpc) is 3.00. The second-order valence-corrected chi connectivity index (χ2v) is 7.77. The lowest BCUT2D eigenvalue weighted by Gasteiger charge is -2.07. The van der Waals surface area contributed by atoms with E-state index in [2.05, 4.69) is 20.8 Å². The topological polar surface area (TPSA) is 114 Å². The summed E-state index contributed by atoms with van der Waals surface area (Å²) < 4.78 is 27.5. The number of rotatable bonds is 8. The Morgan fingerprint density at radius 2 is 2.04 bits per heavy atom. The van der Waals surface area contributed by atoms with Crippen molar-refractivity contribution < 1.29 is 17.6 Å². The molecule has 2 aromatic rings. The predicted octanol–water partition coefficient (Wildman–Crippen LogP) is 2.66. The maximum atomic E-state index is 11.7. The number of hydrogen-bond donors (Lipinski definition) is 2. The summed E-state index contributed by atoms with van der Waals surface area (Å²) in [5, 5.41) is 12.8. The van der Waals surface area contributed by atoms with Crippen LogP contribution in [0.3, 0.4) is 0 Å². The first kappa shape index (κ1) is 19.2. The van der Waals surface area contributed by atoms with Crippen LogP contribution in [0.25, 0.3) is 0 Å². The number of aryl methyl sites for hydroxylation is 1. The number of nitrogens with one attached hydrogen (secondary N) is 2. The predicted molar refractivity (Wildman–Crippen MR) is 93.4 cm³/mol. The summed E-state index contributed by atoms with van der Waals surface area (Å²) in [6.45, 7) is 0.519. The molecule has 25 heavy (non-hydrogen) atoms. The molecule has 1 heterocycles. The maximum absolute atomic E-state index is 11.7. The van der Waals surface area contributed by atoms with Gasteiger partial charge in [-0.1, -0.05) is 29.2 Å². The lowest BCUT2D eigenvalue weighted by Crippen LogP contribution is -2.29. The minimum atomic E-state index is -3.46. The molecule has 1 aromatic carbocycles. The highest BCUT2D eigenvalue weighted by molar-refractivity contribution is 7.90. The van der Waals surface area contributed by atoms with Crippen molar-refractivity contribution in [1.29, 1.82) is 0 Å². The molecule has 2 amide bonds. The Morgan fingerprint density at radius 3 is 2.72 bits per heavy atom. The third-order valence-corrected chi connectivity index (χ3v) is 4.24. The molecule has 0 aliphatic carbocycles. The number of carbonyl (C=O) groups is 1. The minimum absolute atomic E-state index is 0.294. The number of aromatic nitrogens is 2. The summed E-state index contributed by atoms with van der Waals surface area (Å²) in [5.41, 5.74) is 0.628. The fourth-order valence-corrected chi connectivity index (χ4v) is 2.64. The molecule has 0 radical (unpaired) electrons. The van der Waals surface area contributed by atoms with Gasteiger partial charge in [0.05, 0.1) is 0 Å². The van der Waals surface area contributed by atoms with Gasteiger partial charge < -0.3 is 15.1 Å². The van der Waals surface area contributed by atoms with E-state index in [0.717, 1.165) is 25.5 Å². The lowest BCUT2D eigenvalue weighted by molar-refractivity contribution is 0.252. The van der Waals surface area contributed by atoms with Crippen LogP contribution in [0.2, 0.25) is 5.02 Å². The van der Waals surface area contributed by atoms with Crippen LogP contribution in [0.5, 0.6) is 0 Å². The van der Waals surface area contributed by atoms with Gasteiger partial charge in [0, 0.05) is 29.9 Å². The van der Waals surface area contributed by atoms with Crippen LogP contribution in [0.4, 0.5) is 10.5 Å². The molecule has 8 nitrogen and oxygen atoms in total. The van der Waals surface area contributed by atoms with Gasteiger partial charge in [0.1, 0.15) is 0 Å². The lowest BCUT2D eigenvalue weighted by atomic mass is 10.2. The highest BCUT2D eigenvalue weighted by Gasteiger charge is 2.15. The van der Waals surface area contributed by atoms with Crippen molar-refractivity contribution in [2.45, 2.75) is 30.9 Å². The largest absolute Gasteiger partial charge is 0.413 e. The van der Waals surface area contributed by atoms with E-state index < -0.39 is 9.84 Å². The highest BCUT2D eigenvalue weighted by Crippen LogP contribution is 2.14. The first-order valence-corrected chi connectivity index (χ1v) is 9.94. The standard InChI is InChI=1S/C15H19ClN4O4S/c1-25(22,23)15-20-19-13(24-15)8-3-2-4-9-17-14(21)18-12-7-5-6-11(16)10-12/h5-7,10H,2-4,8-9H2,1H3,(H2,17,18,21). The van der Waals surface area contributed by atoms with E-state index in [-0.39, 0.29) is 11.3 Å². The first-order chi connectivity index (χ1) is 11.8. The maximum Gasteiger partial charge on any atom is 0.335 e. The number of halogens is 1. The van der Waals surface area contributed by atoms with Gasteiger partial charge >= 0.3 is 11.3 Å². The summed E-state index contributed by atoms with van der Waals surface area (Å²) in [7, 11) is -3.46. The Balaban J connectivity index is 1.60. The minimum Gasteiger partial charge on any atom is -0.413 e. The van der Waals surface area contributed by atoms with E-state index in [1.165, 1.54) is 0 Å². The van der Waals surface area contributed by atoms with E-state index in [0.29, 0.717) is 29.6 Å². The third-order valence-electron chi connectivity index (χ3n) is 3.20. The number of hydrogen-bond acceptors (Lipinski definition) is 6. The fraction of sp³-hybridized carbons (Fsp3) is 0.400. The molecule has 0 spiro atoms. The van der Waals surface area contributed by atoms with Crippen LogP contribution in [-0.4, -0.2) is 37.4 Å². The fourth-order valence-electron chi connectivity index (χ4n) is 2.01. The van der Waals surface area contributed by atoms with Crippen LogP contribution in [0.1, 0.15) is 25.2 Å². The van der Waals surface area contributed by atoms with E-state index in [1.807, 2.05) is 0 Å². The van der Waals surface area contributed by atoms with Crippen molar-refractivity contribution in [3.05, 3.63) is 35.2 Å². The smallest absolute Gasteiger partial charge is 0.335 e. The Hall–Kier alpha value is -2.13. The van der Waals surface area contributed by atoms with Gasteiger partial charge in [-0.2, -0.15) is 0 Å². The molecule has 2 rings (SSSR count). The van der Waals surface area contributed by atoms with Crippen LogP contribution >= 0.6 is 11.6 Å². The molecular weight excluding hydrogens is 368 g/mol. The molecule has 0 saturated heterocycles. The number of sulfone groups is 1. The Morgan fingerprint density at radius 1 is 1.24 bits per heavy atom. The number of nitrogens with zero attached hydrogens (tertiary/aromatic N) is 2. The number of benzene rings is 1. The monoisotopic (exact) mass is 386 g/mol. The molecule has 0 aliphatic rings. The Bertz CT molecular complexity index is 822. The normalized spacial score (nSPS) is 11.3. The summed E-state index contributed by atoms with van der Waals surface area (Å²) in [6, 6.07) is 6.60.